The number of hydrogen-bond acceptors (Lipinski definition) is 16. The molecule has 0 bridgehead atoms. The molecule has 77 heavy (non-hydrogen) atoms. The molecule has 1 fully saturated rings. The molecular formula is C57H59N5O15. The summed E-state index contributed by atoms with van der Waals surface area (Å²) < 4.78 is 38.0. The molecule has 5 aromatic carbocycles. The predicted octanol–water partition coefficient (Wildman–Crippen LogP) is 10.1. The second-order valence-electron chi connectivity index (χ2n) is 19.1. The number of nitrogens with zero attached hydrogens (tertiary/aromatic N) is 4. The Bertz CT molecular complexity index is 2990. The van der Waals surface area contributed by atoms with Gasteiger partial charge in [-0.2, -0.15) is 0 Å². The minimum absolute atomic E-state index is 0.00250. The van der Waals surface area contributed by atoms with Gasteiger partial charge in [0.05, 0.1) is 28.1 Å². The standard InChI is InChI=1S/C57H59N5O15/c1-2-28-73-57-52(60(34-39-16-24-50-51(29-39)72-36-71-50)56(66)76-43-21-19-42(20-22-43)62(69)70)32-48(59-74-35-38-14-17-41(18-15-38)61(67)68)46-30-40(12-6-8-26-63)45(13-7-9-27-64)53(54(46)57)47-31-44(23-25-49(47)77-57)75-55(65)58-33-37-10-4-3-5-11-37/h2-5,10-11,14-25,29-31,40,45,52-54,63-64H,1,6-9,12-13,26-28,32-36H2,(H,58,65). The molecule has 2 amide bonds. The number of aliphatic hydroxyl groups excluding tert-OH is 2. The van der Waals surface area contributed by atoms with Gasteiger partial charge in [-0.05, 0) is 114 Å². The van der Waals surface area contributed by atoms with Crippen molar-refractivity contribution in [3.63, 3.8) is 0 Å². The summed E-state index contributed by atoms with van der Waals surface area (Å²) in [5.74, 6) is -1.79. The zero-order chi connectivity index (χ0) is 53.9. The van der Waals surface area contributed by atoms with Crippen LogP contribution in [0.2, 0.25) is 0 Å². The van der Waals surface area contributed by atoms with E-state index in [2.05, 4.69) is 18.0 Å². The molecule has 6 atom stereocenters. The van der Waals surface area contributed by atoms with E-state index in [-0.39, 0.29) is 87.4 Å². The lowest BCUT2D eigenvalue weighted by Gasteiger charge is -2.59. The minimum Gasteiger partial charge on any atom is -0.459 e. The number of carbonyl (C=O) groups excluding carboxylic acids is 2. The van der Waals surface area contributed by atoms with Crippen LogP contribution in [0.25, 0.3) is 0 Å². The molecule has 0 aromatic heterocycles. The SMILES string of the molecule is C=CCOC12Oc3ccc(OC(=O)NCc4ccccc4)cc3C3C(CCCCO)C(CCCCO)C=C(C(=NOCc4ccc([N+](=O)[O-])cc4)CC1N(Cc1ccc4c(c1)OCO4)C(=O)Oc1ccc([N+](=O)[O-])cc1)C32. The number of unbranched alkanes of at least 4 members (excludes halogenated alkanes) is 2. The van der Waals surface area contributed by atoms with Crippen LogP contribution < -0.4 is 29.0 Å². The number of carbonyl (C=O) groups is 2. The van der Waals surface area contributed by atoms with E-state index in [1.54, 1.807) is 54.6 Å². The Morgan fingerprint density at radius 2 is 1.47 bits per heavy atom. The lowest BCUT2D eigenvalue weighted by molar-refractivity contribution is -0.385. The number of oxime groups is 1. The topological polar surface area (TPSA) is 253 Å². The lowest BCUT2D eigenvalue weighted by atomic mass is 9.55. The first kappa shape index (κ1) is 53.5. The summed E-state index contributed by atoms with van der Waals surface area (Å²) in [7, 11) is 0. The summed E-state index contributed by atoms with van der Waals surface area (Å²) in [5, 5.41) is 51.0. The highest BCUT2D eigenvalue weighted by molar-refractivity contribution is 6.03. The number of hydrogen-bond donors (Lipinski definition) is 3. The van der Waals surface area contributed by atoms with Gasteiger partial charge < -0.3 is 48.8 Å². The molecule has 6 unspecified atom stereocenters. The molecular weight excluding hydrogens is 995 g/mol. The van der Waals surface area contributed by atoms with Gasteiger partial charge >= 0.3 is 12.2 Å². The maximum absolute atomic E-state index is 15.3. The van der Waals surface area contributed by atoms with Crippen LogP contribution in [-0.4, -0.2) is 81.3 Å². The van der Waals surface area contributed by atoms with Crippen molar-refractivity contribution in [3.05, 3.63) is 182 Å². The van der Waals surface area contributed by atoms with Crippen molar-refractivity contribution < 1.29 is 62.9 Å². The number of fused-ring (bicyclic) bond motifs is 3. The number of nitro groups is 2. The second kappa shape index (κ2) is 24.6. The zero-order valence-corrected chi connectivity index (χ0v) is 42.1. The van der Waals surface area contributed by atoms with Crippen LogP contribution >= 0.6 is 0 Å². The van der Waals surface area contributed by atoms with Crippen molar-refractivity contribution in [3.8, 4) is 28.7 Å². The van der Waals surface area contributed by atoms with E-state index in [9.17, 15) is 35.2 Å². The van der Waals surface area contributed by atoms with Gasteiger partial charge in [-0.3, -0.25) is 25.1 Å². The van der Waals surface area contributed by atoms with Crippen LogP contribution in [0.4, 0.5) is 21.0 Å². The predicted molar refractivity (Wildman–Crippen MR) is 279 cm³/mol. The van der Waals surface area contributed by atoms with E-state index in [0.717, 1.165) is 5.56 Å². The molecule has 0 saturated heterocycles. The first-order valence-corrected chi connectivity index (χ1v) is 25.5. The minimum atomic E-state index is -1.76. The van der Waals surface area contributed by atoms with E-state index in [1.807, 2.05) is 30.3 Å². The van der Waals surface area contributed by atoms with E-state index in [1.165, 1.54) is 41.3 Å². The highest BCUT2D eigenvalue weighted by Crippen LogP contribution is 2.62. The number of benzene rings is 5. The average molecular weight is 1050 g/mol. The Labute approximate surface area is 443 Å². The quantitative estimate of drug-likeness (QED) is 0.0238. The molecule has 9 rings (SSSR count). The average Bonchev–Trinajstić information content (AvgIpc) is 3.98. The van der Waals surface area contributed by atoms with Gasteiger partial charge in [0, 0.05) is 68.5 Å². The Hall–Kier alpha value is -8.33. The monoisotopic (exact) mass is 1050 g/mol. The number of amides is 2. The summed E-state index contributed by atoms with van der Waals surface area (Å²) in [6.45, 7) is 3.95. The van der Waals surface area contributed by atoms with Crippen molar-refractivity contribution in [1.29, 1.82) is 0 Å². The number of rotatable bonds is 23. The summed E-state index contributed by atoms with van der Waals surface area (Å²) in [4.78, 5) is 58.6. The summed E-state index contributed by atoms with van der Waals surface area (Å²) in [5.41, 5.74) is 3.62. The maximum atomic E-state index is 15.3. The van der Waals surface area contributed by atoms with Crippen LogP contribution in [0.5, 0.6) is 28.7 Å². The number of nitro benzene ring substituents is 2. The second-order valence-corrected chi connectivity index (χ2v) is 19.1. The lowest BCUT2D eigenvalue weighted by Crippen LogP contribution is -2.70. The van der Waals surface area contributed by atoms with E-state index in [4.69, 9.17) is 38.4 Å². The van der Waals surface area contributed by atoms with Crippen molar-refractivity contribution in [1.82, 2.24) is 10.2 Å². The molecule has 2 heterocycles. The molecule has 5 aromatic rings. The van der Waals surface area contributed by atoms with Crippen LogP contribution in [0.1, 0.15) is 73.1 Å². The van der Waals surface area contributed by atoms with Gasteiger partial charge in [-0.25, -0.2) is 9.59 Å². The van der Waals surface area contributed by atoms with Crippen molar-refractivity contribution in [2.75, 3.05) is 26.6 Å². The first-order valence-electron chi connectivity index (χ1n) is 25.5. The fourth-order valence-corrected chi connectivity index (χ4v) is 10.9. The molecule has 0 spiro atoms. The molecule has 1 saturated carbocycles. The smallest absolute Gasteiger partial charge is 0.416 e. The first-order chi connectivity index (χ1) is 37.5. The van der Waals surface area contributed by atoms with Crippen molar-refractivity contribution >= 4 is 29.3 Å². The van der Waals surface area contributed by atoms with E-state index >= 15 is 4.79 Å². The van der Waals surface area contributed by atoms with E-state index < -0.39 is 45.7 Å². The third kappa shape index (κ3) is 12.2. The largest absolute Gasteiger partial charge is 0.459 e. The van der Waals surface area contributed by atoms with Gasteiger partial charge in [0.25, 0.3) is 11.4 Å². The highest BCUT2D eigenvalue weighted by Gasteiger charge is 2.66. The van der Waals surface area contributed by atoms with Crippen LogP contribution in [0.3, 0.4) is 0 Å². The van der Waals surface area contributed by atoms with Crippen LogP contribution in [0, 0.1) is 38.0 Å². The fraction of sp³-hybridized carbons (Fsp3) is 0.351. The fourth-order valence-electron chi connectivity index (χ4n) is 10.9. The van der Waals surface area contributed by atoms with Crippen molar-refractivity contribution in [2.45, 2.75) is 82.4 Å². The number of allylic oxidation sites excluding steroid dienone is 1. The van der Waals surface area contributed by atoms with Gasteiger partial charge in [0.15, 0.2) is 11.5 Å². The third-order valence-corrected chi connectivity index (χ3v) is 14.3. The number of nitrogens with one attached hydrogen (secondary N) is 1. The summed E-state index contributed by atoms with van der Waals surface area (Å²) >= 11 is 0. The molecule has 0 radical (unpaired) electrons. The molecule has 4 aliphatic rings. The Balaban J connectivity index is 1.21. The number of ether oxygens (including phenoxy) is 6. The molecule has 2 aliphatic carbocycles. The van der Waals surface area contributed by atoms with Crippen LogP contribution in [0.15, 0.2) is 145 Å². The number of aliphatic hydroxyl groups is 2. The van der Waals surface area contributed by atoms with Crippen molar-refractivity contribution in [2.24, 2.45) is 22.9 Å². The third-order valence-electron chi connectivity index (χ3n) is 14.3. The Morgan fingerprint density at radius 1 is 0.792 bits per heavy atom. The Morgan fingerprint density at radius 3 is 2.18 bits per heavy atom. The maximum Gasteiger partial charge on any atom is 0.416 e. The highest BCUT2D eigenvalue weighted by atomic mass is 16.7. The molecule has 20 nitrogen and oxygen atoms in total. The summed E-state index contributed by atoms with van der Waals surface area (Å²) in [6.07, 6.45) is 5.81. The zero-order valence-electron chi connectivity index (χ0n) is 42.1. The van der Waals surface area contributed by atoms with Gasteiger partial charge in [0.1, 0.15) is 29.9 Å². The van der Waals surface area contributed by atoms with Gasteiger partial charge in [-0.15, -0.1) is 6.58 Å². The molecule has 2 aliphatic heterocycles. The molecule has 402 valence electrons. The van der Waals surface area contributed by atoms with Gasteiger partial charge in [-0.1, -0.05) is 66.5 Å². The molecule has 3 N–H and O–H groups in total. The number of non-ortho nitro benzene ring substituents is 2. The van der Waals surface area contributed by atoms with E-state index in [0.29, 0.717) is 83.7 Å². The normalized spacial score (nSPS) is 21.1. The van der Waals surface area contributed by atoms with Gasteiger partial charge in [0.2, 0.25) is 12.6 Å². The Kier molecular flexibility index (Phi) is 17.1. The van der Waals surface area contributed by atoms with Crippen LogP contribution in [-0.2, 0) is 29.3 Å². The molecule has 20 heteroatoms. The summed E-state index contributed by atoms with van der Waals surface area (Å²) in [6, 6.07) is 29.8.